The molecule has 0 atom stereocenters. The van der Waals surface area contributed by atoms with Crippen LogP contribution < -0.4 is 5.19 Å². The maximum absolute atomic E-state index is 11.3. The van der Waals surface area contributed by atoms with E-state index in [0.29, 0.717) is 5.56 Å². The van der Waals surface area contributed by atoms with Crippen molar-refractivity contribution in [3.8, 4) is 0 Å². The number of hydrogen-bond acceptors (Lipinski definition) is 3. The van der Waals surface area contributed by atoms with Crippen LogP contribution in [0.25, 0.3) is 0 Å². The van der Waals surface area contributed by atoms with Crippen molar-refractivity contribution in [3.05, 3.63) is 49.2 Å². The molecule has 1 radical (unpaired) electrons. The molecule has 85 valence electrons. The lowest BCUT2D eigenvalue weighted by molar-refractivity contribution is -0.195. The molecule has 3 nitrogen and oxygen atoms in total. The summed E-state index contributed by atoms with van der Waals surface area (Å²) in [7, 11) is 1.41. The minimum absolute atomic E-state index is 0.446. The summed E-state index contributed by atoms with van der Waals surface area (Å²) in [6.45, 7) is 8.21. The van der Waals surface area contributed by atoms with Gasteiger partial charge in [-0.1, -0.05) is 36.1 Å². The molecule has 0 saturated carbocycles. The highest BCUT2D eigenvalue weighted by atomic mass is 28.3. The van der Waals surface area contributed by atoms with Crippen molar-refractivity contribution in [1.82, 2.24) is 0 Å². The van der Waals surface area contributed by atoms with E-state index in [1.165, 1.54) is 5.19 Å². The van der Waals surface area contributed by atoms with E-state index < -0.39 is 14.0 Å². The van der Waals surface area contributed by atoms with Gasteiger partial charge in [-0.05, 0) is 12.1 Å². The van der Waals surface area contributed by atoms with Gasteiger partial charge in [-0.2, -0.15) is 4.89 Å². The normalized spacial score (nSPS) is 10.9. The minimum atomic E-state index is -1.56. The molecule has 0 bridgehead atoms. The van der Waals surface area contributed by atoms with Crippen LogP contribution in [0.15, 0.2) is 36.5 Å². The van der Waals surface area contributed by atoms with Crippen LogP contribution >= 0.6 is 0 Å². The monoisotopic (exact) mass is 235 g/mol. The Balaban J connectivity index is 2.91. The second-order valence-electron chi connectivity index (χ2n) is 3.99. The zero-order valence-corrected chi connectivity index (χ0v) is 10.5. The Bertz CT molecular complexity index is 382. The molecule has 0 fully saturated rings. The van der Waals surface area contributed by atoms with Gasteiger partial charge in [0.15, 0.2) is 0 Å². The van der Waals surface area contributed by atoms with Crippen molar-refractivity contribution >= 4 is 19.2 Å². The molecule has 0 aromatic heterocycles. The van der Waals surface area contributed by atoms with Crippen molar-refractivity contribution in [3.63, 3.8) is 0 Å². The van der Waals surface area contributed by atoms with Gasteiger partial charge in [0.25, 0.3) is 0 Å². The van der Waals surface area contributed by atoms with Crippen LogP contribution in [0, 0.1) is 7.11 Å². The average Bonchev–Trinajstić information content (AvgIpc) is 2.29. The lowest BCUT2D eigenvalue weighted by atomic mass is 10.2. The first kappa shape index (κ1) is 12.7. The van der Waals surface area contributed by atoms with Crippen LogP contribution in [0.2, 0.25) is 13.1 Å². The summed E-state index contributed by atoms with van der Waals surface area (Å²) in [6.07, 6.45) is 0. The zero-order chi connectivity index (χ0) is 12.2. The summed E-state index contributed by atoms with van der Waals surface area (Å²) in [5.74, 6) is -0.542. The fourth-order valence-electron chi connectivity index (χ4n) is 1.26. The topological polar surface area (TPSA) is 35.5 Å². The molecule has 1 rings (SSSR count). The molecule has 0 N–H and O–H groups in total. The highest BCUT2D eigenvalue weighted by molar-refractivity contribution is 6.93. The summed E-state index contributed by atoms with van der Waals surface area (Å²) in [5.41, 5.74) is 2.45. The second kappa shape index (κ2) is 5.09. The molecular weight excluding hydrogens is 220 g/mol. The maximum atomic E-state index is 11.3. The minimum Gasteiger partial charge on any atom is -0.293 e. The van der Waals surface area contributed by atoms with Crippen LogP contribution in [0.4, 0.5) is 0 Å². The number of carbonyl (C=O) groups is 1. The van der Waals surface area contributed by atoms with Gasteiger partial charge in [0, 0.05) is 0 Å². The van der Waals surface area contributed by atoms with Crippen molar-refractivity contribution in [1.29, 1.82) is 0 Å². The molecule has 0 saturated heterocycles. The van der Waals surface area contributed by atoms with E-state index in [1.54, 1.807) is 12.1 Å². The number of benzene rings is 1. The first-order valence-electron chi connectivity index (χ1n) is 4.88. The van der Waals surface area contributed by atoms with Gasteiger partial charge >= 0.3 is 5.97 Å². The van der Waals surface area contributed by atoms with E-state index >= 15 is 0 Å². The van der Waals surface area contributed by atoms with Gasteiger partial charge in [-0.3, -0.25) is 4.89 Å². The SMILES string of the molecule is [CH2]OOC(=O)c1ccc([Si](C)(C)C=C)cc1. The van der Waals surface area contributed by atoms with Crippen molar-refractivity contribution in [2.45, 2.75) is 13.1 Å². The standard InChI is InChI=1S/C12H15O3Si/c1-5-16(3,4)11-8-6-10(7-9-11)12(13)15-14-2/h5-9H,1-2H2,3-4H3. The van der Waals surface area contributed by atoms with Crippen molar-refractivity contribution in [2.75, 3.05) is 0 Å². The summed E-state index contributed by atoms with van der Waals surface area (Å²) in [4.78, 5) is 19.7. The lowest BCUT2D eigenvalue weighted by Gasteiger charge is -2.17. The van der Waals surface area contributed by atoms with Crippen LogP contribution in [-0.2, 0) is 9.78 Å². The van der Waals surface area contributed by atoms with E-state index in [4.69, 9.17) is 0 Å². The first-order valence-corrected chi connectivity index (χ1v) is 7.96. The van der Waals surface area contributed by atoms with E-state index in [9.17, 15) is 4.79 Å². The number of hydrogen-bond donors (Lipinski definition) is 0. The summed E-state index contributed by atoms with van der Waals surface area (Å²) >= 11 is 0. The molecule has 1 aromatic rings. The summed E-state index contributed by atoms with van der Waals surface area (Å²) < 4.78 is 0. The maximum Gasteiger partial charge on any atom is 0.373 e. The zero-order valence-electron chi connectivity index (χ0n) is 9.53. The molecule has 0 aliphatic heterocycles. The highest BCUT2D eigenvalue weighted by Gasteiger charge is 2.19. The van der Waals surface area contributed by atoms with Gasteiger partial charge in [-0.15, -0.1) is 6.58 Å². The molecule has 0 aliphatic carbocycles. The van der Waals surface area contributed by atoms with Gasteiger partial charge in [-0.25, -0.2) is 4.79 Å². The third-order valence-electron chi connectivity index (χ3n) is 2.51. The Kier molecular flexibility index (Phi) is 4.03. The van der Waals surface area contributed by atoms with Crippen LogP contribution in [0.5, 0.6) is 0 Å². The Hall–Kier alpha value is -1.39. The van der Waals surface area contributed by atoms with E-state index in [-0.39, 0.29) is 0 Å². The van der Waals surface area contributed by atoms with E-state index in [0.717, 1.165) is 0 Å². The van der Waals surface area contributed by atoms with Gasteiger partial charge in [0.05, 0.1) is 5.56 Å². The van der Waals surface area contributed by atoms with Gasteiger partial charge < -0.3 is 0 Å². The molecule has 4 heteroatoms. The quantitative estimate of drug-likeness (QED) is 0.456. The predicted octanol–water partition coefficient (Wildman–Crippen LogP) is 2.21. The molecule has 16 heavy (non-hydrogen) atoms. The number of carbonyl (C=O) groups excluding carboxylic acids is 1. The highest BCUT2D eigenvalue weighted by Crippen LogP contribution is 2.07. The molecule has 0 spiro atoms. The van der Waals surface area contributed by atoms with Crippen LogP contribution in [-0.4, -0.2) is 14.0 Å². The molecule has 1 aromatic carbocycles. The molecule has 0 amide bonds. The third-order valence-corrected chi connectivity index (χ3v) is 5.35. The van der Waals surface area contributed by atoms with E-state index in [2.05, 4.69) is 36.6 Å². The lowest BCUT2D eigenvalue weighted by Crippen LogP contribution is -2.39. The third kappa shape index (κ3) is 2.80. The first-order chi connectivity index (χ1) is 7.51. The Morgan fingerprint density at radius 1 is 1.31 bits per heavy atom. The van der Waals surface area contributed by atoms with Gasteiger partial charge in [0.2, 0.25) is 0 Å². The Morgan fingerprint density at radius 2 is 1.88 bits per heavy atom. The molecular formula is C12H15O3Si. The van der Waals surface area contributed by atoms with Gasteiger partial charge in [0.1, 0.15) is 15.2 Å². The number of rotatable bonds is 4. The smallest absolute Gasteiger partial charge is 0.293 e. The summed E-state index contributed by atoms with van der Waals surface area (Å²) in [6, 6.07) is 7.28. The van der Waals surface area contributed by atoms with Crippen molar-refractivity contribution < 1.29 is 14.6 Å². The average molecular weight is 235 g/mol. The molecule has 0 unspecified atom stereocenters. The van der Waals surface area contributed by atoms with E-state index in [1.807, 2.05) is 17.8 Å². The second-order valence-corrected chi connectivity index (χ2v) is 8.42. The fourth-order valence-corrected chi connectivity index (χ4v) is 2.52. The molecule has 0 heterocycles. The fraction of sp³-hybridized carbons (Fsp3) is 0.167. The predicted molar refractivity (Wildman–Crippen MR) is 65.6 cm³/mol. The Morgan fingerprint density at radius 3 is 2.31 bits per heavy atom. The largest absolute Gasteiger partial charge is 0.373 e. The van der Waals surface area contributed by atoms with Crippen LogP contribution in [0.3, 0.4) is 0 Å². The van der Waals surface area contributed by atoms with Crippen LogP contribution in [0.1, 0.15) is 10.4 Å². The summed E-state index contributed by atoms with van der Waals surface area (Å²) in [5, 5.41) is 1.22. The Labute approximate surface area is 96.6 Å². The van der Waals surface area contributed by atoms with Crippen molar-refractivity contribution in [2.24, 2.45) is 0 Å². The molecule has 0 aliphatic rings.